The lowest BCUT2D eigenvalue weighted by atomic mass is 9.94. The Hall–Kier alpha value is -2.85. The molecule has 0 spiro atoms. The summed E-state index contributed by atoms with van der Waals surface area (Å²) in [5, 5.41) is 3.30. The van der Waals surface area contributed by atoms with Crippen LogP contribution < -0.4 is 10.1 Å². The molecule has 6 nitrogen and oxygen atoms in total. The normalized spacial score (nSPS) is 24.2. The minimum atomic E-state index is -4.66. The highest BCUT2D eigenvalue weighted by Gasteiger charge is 2.38. The van der Waals surface area contributed by atoms with Crippen LogP contribution in [0.2, 0.25) is 0 Å². The lowest BCUT2D eigenvalue weighted by molar-refractivity contribution is -0.144. The molecule has 0 saturated carbocycles. The molecule has 1 saturated heterocycles. The van der Waals surface area contributed by atoms with Gasteiger partial charge in [-0.3, -0.25) is 4.90 Å². The lowest BCUT2D eigenvalue weighted by Crippen LogP contribution is -2.54. The van der Waals surface area contributed by atoms with Crippen molar-refractivity contribution in [2.45, 2.75) is 31.3 Å². The van der Waals surface area contributed by atoms with E-state index < -0.39 is 17.8 Å². The maximum Gasteiger partial charge on any atom is 0.449 e. The zero-order valence-electron chi connectivity index (χ0n) is 17.2. The summed E-state index contributed by atoms with van der Waals surface area (Å²) >= 11 is 0. The number of halogens is 4. The molecule has 3 atom stereocenters. The van der Waals surface area contributed by atoms with Gasteiger partial charge in [0.2, 0.25) is 5.82 Å². The van der Waals surface area contributed by atoms with Crippen molar-refractivity contribution in [1.82, 2.24) is 14.9 Å². The van der Waals surface area contributed by atoms with Gasteiger partial charge < -0.3 is 19.8 Å². The van der Waals surface area contributed by atoms with Crippen LogP contribution in [0.5, 0.6) is 5.75 Å². The van der Waals surface area contributed by atoms with Gasteiger partial charge in [0.1, 0.15) is 23.7 Å². The predicted octanol–water partition coefficient (Wildman–Crippen LogP) is 4.36. The first kappa shape index (κ1) is 21.0. The molecule has 2 N–H and O–H groups in total. The third-order valence-corrected chi connectivity index (χ3v) is 5.92. The Morgan fingerprint density at radius 1 is 1.22 bits per heavy atom. The van der Waals surface area contributed by atoms with Crippen LogP contribution in [0.3, 0.4) is 0 Å². The smallest absolute Gasteiger partial charge is 0.449 e. The van der Waals surface area contributed by atoms with Crippen LogP contribution in [0.25, 0.3) is 11.0 Å². The molecule has 2 aliphatic heterocycles. The molecule has 3 aromatic rings. The van der Waals surface area contributed by atoms with Gasteiger partial charge in [0.25, 0.3) is 0 Å². The van der Waals surface area contributed by atoms with Crippen molar-refractivity contribution in [3.05, 3.63) is 53.6 Å². The zero-order chi connectivity index (χ0) is 22.5. The Morgan fingerprint density at radius 3 is 2.81 bits per heavy atom. The molecular weight excluding hydrogens is 428 g/mol. The number of alkyl halides is 3. The summed E-state index contributed by atoms with van der Waals surface area (Å²) in [6.07, 6.45) is -4.62. The fourth-order valence-corrected chi connectivity index (χ4v) is 4.48. The minimum Gasteiger partial charge on any atom is -0.491 e. The summed E-state index contributed by atoms with van der Waals surface area (Å²) < 4.78 is 65.6. The summed E-state index contributed by atoms with van der Waals surface area (Å²) in [6, 6.07) is 9.21. The van der Waals surface area contributed by atoms with Crippen molar-refractivity contribution in [2.24, 2.45) is 0 Å². The molecule has 0 amide bonds. The van der Waals surface area contributed by atoms with Crippen molar-refractivity contribution in [3.63, 3.8) is 0 Å². The van der Waals surface area contributed by atoms with Gasteiger partial charge in [0.05, 0.1) is 36.0 Å². The monoisotopic (exact) mass is 450 g/mol. The van der Waals surface area contributed by atoms with E-state index in [1.165, 1.54) is 6.07 Å². The van der Waals surface area contributed by atoms with E-state index in [0.29, 0.717) is 32.1 Å². The number of para-hydroxylation sites is 1. The van der Waals surface area contributed by atoms with Gasteiger partial charge in [-0.05, 0) is 25.1 Å². The minimum absolute atomic E-state index is 0.0169. The Kier molecular flexibility index (Phi) is 5.21. The largest absolute Gasteiger partial charge is 0.491 e. The Bertz CT molecular complexity index is 1130. The summed E-state index contributed by atoms with van der Waals surface area (Å²) in [5.74, 6) is -1.13. The molecule has 32 heavy (non-hydrogen) atoms. The summed E-state index contributed by atoms with van der Waals surface area (Å²) in [4.78, 5) is 8.15. The third kappa shape index (κ3) is 3.88. The highest BCUT2D eigenvalue weighted by Crippen LogP contribution is 2.39. The number of benzene rings is 2. The standard InChI is InChI=1S/C22H22F4N4O2/c1-12-10-30(6-7-31-12)17-11-32-18-5-3-2-4-14(18)19(17)27-15-8-13(23)9-16-20(15)29-21(28-16)22(24,25)26/h2-5,8-9,12,17,19,27H,6-7,10-11H2,1H3,(H,28,29)/t12-,17+,19+/m1/s1. The summed E-state index contributed by atoms with van der Waals surface area (Å²) in [6.45, 7) is 4.33. The Morgan fingerprint density at radius 2 is 2.03 bits per heavy atom. The highest BCUT2D eigenvalue weighted by molar-refractivity contribution is 5.88. The first-order valence-corrected chi connectivity index (χ1v) is 10.4. The van der Waals surface area contributed by atoms with Crippen LogP contribution >= 0.6 is 0 Å². The Labute approximate surface area is 181 Å². The molecule has 0 aliphatic carbocycles. The van der Waals surface area contributed by atoms with Gasteiger partial charge in [-0.15, -0.1) is 0 Å². The van der Waals surface area contributed by atoms with Gasteiger partial charge in [-0.25, -0.2) is 9.37 Å². The Balaban J connectivity index is 1.56. The summed E-state index contributed by atoms with van der Waals surface area (Å²) in [7, 11) is 0. The van der Waals surface area contributed by atoms with Crippen LogP contribution in [0.1, 0.15) is 24.4 Å². The van der Waals surface area contributed by atoms with Crippen LogP contribution in [0, 0.1) is 5.82 Å². The number of morpholine rings is 1. The maximum atomic E-state index is 14.3. The van der Waals surface area contributed by atoms with Gasteiger partial charge in [0, 0.05) is 18.7 Å². The van der Waals surface area contributed by atoms with Crippen LogP contribution in [-0.4, -0.2) is 53.3 Å². The molecule has 3 heterocycles. The van der Waals surface area contributed by atoms with E-state index in [1.807, 2.05) is 31.2 Å². The third-order valence-electron chi connectivity index (χ3n) is 5.92. The average molecular weight is 450 g/mol. The fraction of sp³-hybridized carbons (Fsp3) is 0.409. The molecule has 0 radical (unpaired) electrons. The van der Waals surface area contributed by atoms with E-state index in [-0.39, 0.29) is 34.9 Å². The van der Waals surface area contributed by atoms with Crippen molar-refractivity contribution in [2.75, 3.05) is 31.6 Å². The molecule has 10 heteroatoms. The number of nitrogens with zero attached hydrogens (tertiary/aromatic N) is 2. The van der Waals surface area contributed by atoms with Crippen molar-refractivity contribution >= 4 is 16.7 Å². The van der Waals surface area contributed by atoms with Crippen LogP contribution in [0.15, 0.2) is 36.4 Å². The lowest BCUT2D eigenvalue weighted by Gasteiger charge is -2.44. The van der Waals surface area contributed by atoms with E-state index in [2.05, 4.69) is 20.2 Å². The van der Waals surface area contributed by atoms with Crippen LogP contribution in [0.4, 0.5) is 23.2 Å². The number of ether oxygens (including phenoxy) is 2. The molecule has 2 aromatic carbocycles. The molecule has 5 rings (SSSR count). The number of fused-ring (bicyclic) bond motifs is 2. The second-order valence-electron chi connectivity index (χ2n) is 8.15. The van der Waals surface area contributed by atoms with Gasteiger partial charge in [0.15, 0.2) is 0 Å². The predicted molar refractivity (Wildman–Crippen MR) is 110 cm³/mol. The first-order chi connectivity index (χ1) is 15.3. The van der Waals surface area contributed by atoms with Gasteiger partial charge in [-0.1, -0.05) is 18.2 Å². The molecule has 1 fully saturated rings. The topological polar surface area (TPSA) is 62.4 Å². The fourth-order valence-electron chi connectivity index (χ4n) is 4.48. The number of aromatic nitrogens is 2. The number of rotatable bonds is 3. The molecule has 0 bridgehead atoms. The molecular formula is C22H22F4N4O2. The second-order valence-corrected chi connectivity index (χ2v) is 8.15. The van der Waals surface area contributed by atoms with Gasteiger partial charge >= 0.3 is 6.18 Å². The first-order valence-electron chi connectivity index (χ1n) is 10.4. The van der Waals surface area contributed by atoms with E-state index in [4.69, 9.17) is 9.47 Å². The van der Waals surface area contributed by atoms with E-state index in [9.17, 15) is 17.6 Å². The van der Waals surface area contributed by atoms with E-state index in [1.54, 1.807) is 0 Å². The number of aromatic amines is 1. The average Bonchev–Trinajstić information content (AvgIpc) is 3.19. The number of imidazole rings is 1. The molecule has 1 aromatic heterocycles. The molecule has 170 valence electrons. The van der Waals surface area contributed by atoms with E-state index in [0.717, 1.165) is 11.6 Å². The quantitative estimate of drug-likeness (QED) is 0.581. The number of anilines is 1. The van der Waals surface area contributed by atoms with Crippen molar-refractivity contribution in [3.8, 4) is 5.75 Å². The van der Waals surface area contributed by atoms with Crippen molar-refractivity contribution < 1.29 is 27.0 Å². The number of H-pyrrole nitrogens is 1. The van der Waals surface area contributed by atoms with Crippen molar-refractivity contribution in [1.29, 1.82) is 0 Å². The summed E-state index contributed by atoms with van der Waals surface area (Å²) in [5.41, 5.74) is 1.07. The zero-order valence-corrected chi connectivity index (χ0v) is 17.2. The number of nitrogens with one attached hydrogen (secondary N) is 2. The highest BCUT2D eigenvalue weighted by atomic mass is 19.4. The SMILES string of the molecule is C[C@@H]1CN([C@H]2COc3ccccc3[C@@H]2Nc2cc(F)cc3[nH]c(C(F)(F)F)nc23)CCO1. The van der Waals surface area contributed by atoms with Gasteiger partial charge in [-0.2, -0.15) is 13.2 Å². The number of hydrogen-bond acceptors (Lipinski definition) is 5. The maximum absolute atomic E-state index is 14.3. The molecule has 2 aliphatic rings. The van der Waals surface area contributed by atoms with E-state index >= 15 is 0 Å². The second kappa shape index (κ2) is 7.93. The molecule has 0 unspecified atom stereocenters. The number of hydrogen-bond donors (Lipinski definition) is 2. The van der Waals surface area contributed by atoms with Crippen LogP contribution in [-0.2, 0) is 10.9 Å².